The van der Waals surface area contributed by atoms with Crippen molar-refractivity contribution in [3.05, 3.63) is 83.6 Å². The van der Waals surface area contributed by atoms with E-state index in [4.69, 9.17) is 15.9 Å². The van der Waals surface area contributed by atoms with Gasteiger partial charge in [0.25, 0.3) is 5.91 Å². The summed E-state index contributed by atoms with van der Waals surface area (Å²) in [4.78, 5) is 25.4. The molecule has 4 aromatic rings. The average Bonchev–Trinajstić information content (AvgIpc) is 3.26. The van der Waals surface area contributed by atoms with Crippen molar-refractivity contribution in [3.63, 3.8) is 0 Å². The van der Waals surface area contributed by atoms with Crippen molar-refractivity contribution in [3.8, 4) is 0 Å². The lowest BCUT2D eigenvalue weighted by atomic mass is 9.86. The monoisotopic (exact) mass is 482 g/mol. The molecule has 184 valence electrons. The van der Waals surface area contributed by atoms with Crippen LogP contribution in [0, 0.1) is 11.3 Å². The van der Waals surface area contributed by atoms with Gasteiger partial charge in [0, 0.05) is 29.1 Å². The van der Waals surface area contributed by atoms with E-state index in [9.17, 15) is 9.59 Å². The van der Waals surface area contributed by atoms with Crippen LogP contribution < -0.4 is 11.1 Å². The van der Waals surface area contributed by atoms with Crippen LogP contribution in [0.25, 0.3) is 21.7 Å². The maximum Gasteiger partial charge on any atom is 0.308 e. The molecule has 0 bridgehead atoms. The summed E-state index contributed by atoms with van der Waals surface area (Å²) in [5, 5.41) is 14.3. The normalized spacial score (nSPS) is 17.7. The molecule has 1 aliphatic carbocycles. The summed E-state index contributed by atoms with van der Waals surface area (Å²) in [6.45, 7) is 0.504. The molecule has 5 rings (SSSR count). The summed E-state index contributed by atoms with van der Waals surface area (Å²) in [7, 11) is 1.42. The summed E-state index contributed by atoms with van der Waals surface area (Å²) in [5.41, 5.74) is 8.92. The predicted octanol–water partition coefficient (Wildman–Crippen LogP) is 4.59. The van der Waals surface area contributed by atoms with Crippen molar-refractivity contribution >= 4 is 39.4 Å². The molecule has 1 aromatic heterocycles. The molecule has 0 saturated heterocycles. The minimum absolute atomic E-state index is 0.00945. The maximum absolute atomic E-state index is 13.6. The predicted molar refractivity (Wildman–Crippen MR) is 141 cm³/mol. The number of benzene rings is 3. The number of hydrogen-bond acceptors (Lipinski definition) is 4. The van der Waals surface area contributed by atoms with Crippen molar-refractivity contribution in [2.75, 3.05) is 7.11 Å². The molecule has 1 amide bonds. The quantitative estimate of drug-likeness (QED) is 0.212. The molecule has 0 unspecified atom stereocenters. The second-order valence-electron chi connectivity index (χ2n) is 9.49. The maximum atomic E-state index is 13.6. The van der Waals surface area contributed by atoms with Gasteiger partial charge in [-0.25, -0.2) is 0 Å². The van der Waals surface area contributed by atoms with E-state index < -0.39 is 0 Å². The third-order valence-electron chi connectivity index (χ3n) is 7.25. The Balaban J connectivity index is 1.49. The van der Waals surface area contributed by atoms with Gasteiger partial charge in [-0.3, -0.25) is 15.0 Å². The summed E-state index contributed by atoms with van der Waals surface area (Å²) < 4.78 is 6.90. The zero-order chi connectivity index (χ0) is 25.2. The summed E-state index contributed by atoms with van der Waals surface area (Å²) in [6, 6.07) is 21.9. The Bertz CT molecular complexity index is 1460. The zero-order valence-electron chi connectivity index (χ0n) is 20.3. The number of nitrogen functional groups attached to an aromatic ring is 1. The van der Waals surface area contributed by atoms with Gasteiger partial charge >= 0.3 is 5.97 Å². The molecule has 0 radical (unpaired) electrons. The molecular weight excluding hydrogens is 452 g/mol. The van der Waals surface area contributed by atoms with E-state index in [0.717, 1.165) is 40.1 Å². The molecule has 1 heterocycles. The molecular formula is C29H30N4O3. The van der Waals surface area contributed by atoms with Crippen LogP contribution in [0.15, 0.2) is 66.7 Å². The minimum atomic E-state index is -0.170. The van der Waals surface area contributed by atoms with Crippen molar-refractivity contribution in [2.24, 2.45) is 11.7 Å². The van der Waals surface area contributed by atoms with Gasteiger partial charge in [-0.05, 0) is 54.2 Å². The van der Waals surface area contributed by atoms with E-state index in [2.05, 4.69) is 29.6 Å². The fourth-order valence-corrected chi connectivity index (χ4v) is 5.28. The summed E-state index contributed by atoms with van der Waals surface area (Å²) in [6.07, 6.45) is 2.89. The number of nitrogens with two attached hydrogens (primary N) is 1. The lowest BCUT2D eigenvalue weighted by Crippen LogP contribution is -2.39. The highest BCUT2D eigenvalue weighted by molar-refractivity contribution is 6.02. The molecule has 36 heavy (non-hydrogen) atoms. The van der Waals surface area contributed by atoms with Crippen molar-refractivity contribution in [2.45, 2.75) is 38.3 Å². The molecule has 3 aromatic carbocycles. The number of amides is 1. The number of carbonyl (C=O) groups is 2. The van der Waals surface area contributed by atoms with Crippen LogP contribution in [0.3, 0.4) is 0 Å². The largest absolute Gasteiger partial charge is 0.469 e. The highest BCUT2D eigenvalue weighted by atomic mass is 16.5. The van der Waals surface area contributed by atoms with Crippen LogP contribution in [0.5, 0.6) is 0 Å². The van der Waals surface area contributed by atoms with Gasteiger partial charge in [0.2, 0.25) is 0 Å². The first-order valence-electron chi connectivity index (χ1n) is 12.3. The molecule has 1 aliphatic rings. The molecule has 4 N–H and O–H groups in total. The Hall–Kier alpha value is -4.13. The van der Waals surface area contributed by atoms with Gasteiger partial charge < -0.3 is 20.4 Å². The molecule has 1 saturated carbocycles. The molecule has 1 fully saturated rings. The fourth-order valence-electron chi connectivity index (χ4n) is 5.28. The Morgan fingerprint density at radius 2 is 1.75 bits per heavy atom. The van der Waals surface area contributed by atoms with Crippen LogP contribution in [-0.4, -0.2) is 35.4 Å². The average molecular weight is 483 g/mol. The van der Waals surface area contributed by atoms with Crippen LogP contribution in [-0.2, 0) is 16.1 Å². The topological polar surface area (TPSA) is 110 Å². The van der Waals surface area contributed by atoms with Gasteiger partial charge in [-0.2, -0.15) is 0 Å². The van der Waals surface area contributed by atoms with E-state index in [1.807, 2.05) is 47.0 Å². The summed E-state index contributed by atoms with van der Waals surface area (Å²) >= 11 is 0. The number of carbonyl (C=O) groups excluding carboxylic acids is 2. The highest BCUT2D eigenvalue weighted by Gasteiger charge is 2.28. The van der Waals surface area contributed by atoms with E-state index in [-0.39, 0.29) is 29.7 Å². The Labute approximate surface area is 209 Å². The van der Waals surface area contributed by atoms with Gasteiger partial charge in [-0.1, -0.05) is 54.6 Å². The molecule has 0 aliphatic heterocycles. The number of hydrogen-bond donors (Lipinski definition) is 3. The van der Waals surface area contributed by atoms with Crippen LogP contribution in [0.1, 0.15) is 47.3 Å². The zero-order valence-corrected chi connectivity index (χ0v) is 20.3. The Morgan fingerprint density at radius 3 is 2.50 bits per heavy atom. The molecule has 7 heteroatoms. The lowest BCUT2D eigenvalue weighted by molar-refractivity contribution is -0.146. The van der Waals surface area contributed by atoms with E-state index in [0.29, 0.717) is 30.6 Å². The van der Waals surface area contributed by atoms with Crippen LogP contribution >= 0.6 is 0 Å². The number of ether oxygens (including phenoxy) is 1. The Kier molecular flexibility index (Phi) is 6.46. The van der Waals surface area contributed by atoms with Crippen LogP contribution in [0.2, 0.25) is 0 Å². The number of fused-ring (bicyclic) bond motifs is 2. The molecule has 0 atom stereocenters. The fraction of sp³-hybridized carbons (Fsp3) is 0.276. The number of esters is 1. The molecule has 7 nitrogen and oxygen atoms in total. The number of methoxy groups -OCH3 is 1. The van der Waals surface area contributed by atoms with Gasteiger partial charge in [0.05, 0.1) is 13.0 Å². The van der Waals surface area contributed by atoms with Crippen LogP contribution in [0.4, 0.5) is 0 Å². The standard InChI is InChI=1S/C29H30N4O3/c1-36-29(35)19-11-13-23(14-12-19)32-28(34)26-15-20-9-10-21(27(30)31)16-25(20)33(26)17-22-7-4-6-18-5-2-3-8-24(18)22/h2-10,15-16,19,23H,11-14,17H2,1H3,(H3,30,31)(H,32,34). The number of nitrogens with one attached hydrogen (secondary N) is 2. The Morgan fingerprint density at radius 1 is 1.00 bits per heavy atom. The first-order chi connectivity index (χ1) is 17.4. The van der Waals surface area contributed by atoms with Gasteiger partial charge in [0.1, 0.15) is 11.5 Å². The van der Waals surface area contributed by atoms with Crippen molar-refractivity contribution in [1.29, 1.82) is 5.41 Å². The second-order valence-corrected chi connectivity index (χ2v) is 9.49. The smallest absolute Gasteiger partial charge is 0.308 e. The molecule has 0 spiro atoms. The number of nitrogens with zero attached hydrogens (tertiary/aromatic N) is 1. The minimum Gasteiger partial charge on any atom is -0.469 e. The third-order valence-corrected chi connectivity index (χ3v) is 7.25. The second kappa shape index (κ2) is 9.85. The number of rotatable bonds is 6. The van der Waals surface area contributed by atoms with Crippen molar-refractivity contribution in [1.82, 2.24) is 9.88 Å². The van der Waals surface area contributed by atoms with Gasteiger partial charge in [-0.15, -0.1) is 0 Å². The SMILES string of the molecule is COC(=O)C1CCC(NC(=O)c2cc3ccc(C(=N)N)cc3n2Cc2cccc3ccccc23)CC1. The van der Waals surface area contributed by atoms with E-state index >= 15 is 0 Å². The highest BCUT2D eigenvalue weighted by Crippen LogP contribution is 2.28. The van der Waals surface area contributed by atoms with E-state index in [1.54, 1.807) is 0 Å². The van der Waals surface area contributed by atoms with Crippen molar-refractivity contribution < 1.29 is 14.3 Å². The first kappa shape index (κ1) is 23.6. The lowest BCUT2D eigenvalue weighted by Gasteiger charge is -2.27. The summed E-state index contributed by atoms with van der Waals surface area (Å²) in [5.74, 6) is -0.414. The van der Waals surface area contributed by atoms with E-state index in [1.165, 1.54) is 7.11 Å². The first-order valence-corrected chi connectivity index (χ1v) is 12.3. The third kappa shape index (κ3) is 4.56. The van der Waals surface area contributed by atoms with Gasteiger partial charge in [0.15, 0.2) is 0 Å². The number of amidine groups is 1. The number of aromatic nitrogens is 1.